The number of alkyl halides is 6. The van der Waals surface area contributed by atoms with E-state index in [-0.39, 0.29) is 27.9 Å². The van der Waals surface area contributed by atoms with E-state index in [0.29, 0.717) is 0 Å². The lowest BCUT2D eigenvalue weighted by Crippen LogP contribution is -2.08. The quantitative estimate of drug-likeness (QED) is 0.368. The predicted octanol–water partition coefficient (Wildman–Crippen LogP) is 6.24. The number of hydrogen-bond donors (Lipinski definition) is 0. The summed E-state index contributed by atoms with van der Waals surface area (Å²) in [6.07, 6.45) is -8.02. The second kappa shape index (κ2) is 7.81. The largest absolute Gasteiger partial charge is 0.464 e. The van der Waals surface area contributed by atoms with E-state index in [9.17, 15) is 31.1 Å². The van der Waals surface area contributed by atoms with E-state index in [1.807, 2.05) is 0 Å². The molecule has 0 aliphatic carbocycles. The summed E-state index contributed by atoms with van der Waals surface area (Å²) in [5.74, 6) is -0.891. The third-order valence-electron chi connectivity index (χ3n) is 4.29. The highest BCUT2D eigenvalue weighted by atomic mass is 19.4. The minimum absolute atomic E-state index is 0.00265. The maximum atomic E-state index is 13.1. The first-order chi connectivity index (χ1) is 14.0. The van der Waals surface area contributed by atoms with Gasteiger partial charge in [-0.25, -0.2) is 9.78 Å². The Kier molecular flexibility index (Phi) is 5.56. The molecule has 0 amide bonds. The van der Waals surface area contributed by atoms with Gasteiger partial charge in [0.15, 0.2) is 5.69 Å². The van der Waals surface area contributed by atoms with Crippen molar-refractivity contribution in [2.75, 3.05) is 7.11 Å². The smallest absolute Gasteiger partial charge is 0.416 e. The van der Waals surface area contributed by atoms with Crippen molar-refractivity contribution < 1.29 is 35.9 Å². The third kappa shape index (κ3) is 4.45. The first kappa shape index (κ1) is 21.4. The molecule has 3 aromatic rings. The van der Waals surface area contributed by atoms with Crippen molar-refractivity contribution in [3.63, 3.8) is 0 Å². The molecular formula is C21H13F6NO2. The van der Waals surface area contributed by atoms with Crippen LogP contribution in [0.4, 0.5) is 26.3 Å². The van der Waals surface area contributed by atoms with Crippen LogP contribution in [0.1, 0.15) is 21.6 Å². The molecule has 1 heterocycles. The number of rotatable bonds is 3. The summed E-state index contributed by atoms with van der Waals surface area (Å²) >= 11 is 0. The van der Waals surface area contributed by atoms with Crippen LogP contribution in [0.3, 0.4) is 0 Å². The van der Waals surface area contributed by atoms with Gasteiger partial charge in [0.2, 0.25) is 0 Å². The fourth-order valence-corrected chi connectivity index (χ4v) is 2.84. The first-order valence-electron chi connectivity index (χ1n) is 8.44. The molecule has 0 radical (unpaired) electrons. The van der Waals surface area contributed by atoms with Gasteiger partial charge in [0.1, 0.15) is 0 Å². The van der Waals surface area contributed by atoms with Crippen molar-refractivity contribution in [2.45, 2.75) is 12.4 Å². The highest BCUT2D eigenvalue weighted by Gasteiger charge is 2.32. The van der Waals surface area contributed by atoms with Gasteiger partial charge in [-0.2, -0.15) is 26.3 Å². The summed E-state index contributed by atoms with van der Waals surface area (Å²) in [6.45, 7) is 0. The van der Waals surface area contributed by atoms with Gasteiger partial charge in [0.05, 0.1) is 18.2 Å². The van der Waals surface area contributed by atoms with Crippen molar-refractivity contribution in [1.29, 1.82) is 0 Å². The van der Waals surface area contributed by atoms with Gasteiger partial charge < -0.3 is 4.74 Å². The normalized spacial score (nSPS) is 12.0. The number of esters is 1. The highest BCUT2D eigenvalue weighted by molar-refractivity contribution is 5.96. The Labute approximate surface area is 166 Å². The molecule has 1 aromatic heterocycles. The number of methoxy groups -OCH3 is 1. The minimum atomic E-state index is -4.62. The lowest BCUT2D eigenvalue weighted by atomic mass is 9.97. The number of ether oxygens (including phenoxy) is 1. The molecule has 0 saturated heterocycles. The van der Waals surface area contributed by atoms with Crippen LogP contribution in [0.25, 0.3) is 22.3 Å². The molecule has 0 unspecified atom stereocenters. The molecular weight excluding hydrogens is 412 g/mol. The lowest BCUT2D eigenvalue weighted by Gasteiger charge is -2.13. The zero-order valence-electron chi connectivity index (χ0n) is 15.3. The zero-order chi connectivity index (χ0) is 22.1. The summed E-state index contributed by atoms with van der Waals surface area (Å²) in [7, 11) is 1.08. The Morgan fingerprint density at radius 2 is 1.33 bits per heavy atom. The summed E-state index contributed by atoms with van der Waals surface area (Å²) in [6, 6.07) is 9.91. The van der Waals surface area contributed by atoms with E-state index in [0.717, 1.165) is 37.4 Å². The topological polar surface area (TPSA) is 39.2 Å². The Hall–Kier alpha value is -3.36. The van der Waals surface area contributed by atoms with Crippen LogP contribution in [0.2, 0.25) is 0 Å². The monoisotopic (exact) mass is 425 g/mol. The standard InChI is InChI=1S/C21H13F6NO2/c1-30-19(29)18-17(13-5-3-7-16(9-13)21(25,26)27)10-14(11-28-18)12-4-2-6-15(8-12)20(22,23)24/h2-11H,1H3. The van der Waals surface area contributed by atoms with Crippen LogP contribution in [0.15, 0.2) is 60.8 Å². The van der Waals surface area contributed by atoms with Gasteiger partial charge in [-0.1, -0.05) is 24.3 Å². The molecule has 0 fully saturated rings. The Bertz CT molecular complexity index is 1090. The summed E-state index contributed by atoms with van der Waals surface area (Å²) in [5.41, 5.74) is -1.73. The molecule has 0 atom stereocenters. The van der Waals surface area contributed by atoms with Crippen molar-refractivity contribution >= 4 is 5.97 Å². The molecule has 9 heteroatoms. The van der Waals surface area contributed by atoms with Crippen LogP contribution in [-0.4, -0.2) is 18.1 Å². The average Bonchev–Trinajstić information content (AvgIpc) is 2.71. The fraction of sp³-hybridized carbons (Fsp3) is 0.143. The van der Waals surface area contributed by atoms with Gasteiger partial charge >= 0.3 is 18.3 Å². The SMILES string of the molecule is COC(=O)c1ncc(-c2cccc(C(F)(F)F)c2)cc1-c1cccc(C(F)(F)F)c1. The third-order valence-corrected chi connectivity index (χ3v) is 4.29. The predicted molar refractivity (Wildman–Crippen MR) is 96.5 cm³/mol. The number of pyridine rings is 1. The highest BCUT2D eigenvalue weighted by Crippen LogP contribution is 2.36. The molecule has 30 heavy (non-hydrogen) atoms. The second-order valence-corrected chi connectivity index (χ2v) is 6.27. The first-order valence-corrected chi connectivity index (χ1v) is 8.44. The van der Waals surface area contributed by atoms with E-state index >= 15 is 0 Å². The van der Waals surface area contributed by atoms with Gasteiger partial charge in [-0.05, 0) is 41.5 Å². The van der Waals surface area contributed by atoms with Gasteiger partial charge in [0.25, 0.3) is 0 Å². The van der Waals surface area contributed by atoms with E-state index < -0.39 is 29.4 Å². The van der Waals surface area contributed by atoms with E-state index in [1.54, 1.807) is 0 Å². The zero-order valence-corrected chi connectivity index (χ0v) is 15.3. The Morgan fingerprint density at radius 3 is 1.87 bits per heavy atom. The molecule has 0 saturated carbocycles. The summed E-state index contributed by atoms with van der Waals surface area (Å²) in [5, 5.41) is 0. The molecule has 0 aliphatic heterocycles. The molecule has 0 spiro atoms. The van der Waals surface area contributed by atoms with Crippen LogP contribution >= 0.6 is 0 Å². The second-order valence-electron chi connectivity index (χ2n) is 6.27. The Balaban J connectivity index is 2.19. The minimum Gasteiger partial charge on any atom is -0.464 e. The van der Waals surface area contributed by atoms with Gasteiger partial charge in [0, 0.05) is 17.3 Å². The van der Waals surface area contributed by atoms with Crippen LogP contribution < -0.4 is 0 Å². The molecule has 3 rings (SSSR count). The van der Waals surface area contributed by atoms with Crippen molar-refractivity contribution in [3.05, 3.63) is 77.6 Å². The maximum Gasteiger partial charge on any atom is 0.416 e. The van der Waals surface area contributed by atoms with E-state index in [2.05, 4.69) is 9.72 Å². The molecule has 0 aliphatic rings. The fourth-order valence-electron chi connectivity index (χ4n) is 2.84. The van der Waals surface area contributed by atoms with Gasteiger partial charge in [-0.15, -0.1) is 0 Å². The number of hydrogen-bond acceptors (Lipinski definition) is 3. The van der Waals surface area contributed by atoms with Crippen molar-refractivity contribution in [1.82, 2.24) is 4.98 Å². The number of carbonyl (C=O) groups excluding carboxylic acids is 1. The number of carbonyl (C=O) groups is 1. The molecule has 0 N–H and O–H groups in total. The Morgan fingerprint density at radius 1 is 0.800 bits per heavy atom. The maximum absolute atomic E-state index is 13.1. The number of halogens is 6. The van der Waals surface area contributed by atoms with Gasteiger partial charge in [-0.3, -0.25) is 0 Å². The van der Waals surface area contributed by atoms with Crippen molar-refractivity contribution in [3.8, 4) is 22.3 Å². The van der Waals surface area contributed by atoms with E-state index in [4.69, 9.17) is 0 Å². The average molecular weight is 425 g/mol. The number of aromatic nitrogens is 1. The van der Waals surface area contributed by atoms with Crippen LogP contribution in [-0.2, 0) is 17.1 Å². The molecule has 3 nitrogen and oxygen atoms in total. The molecule has 2 aromatic carbocycles. The van der Waals surface area contributed by atoms with Crippen molar-refractivity contribution in [2.24, 2.45) is 0 Å². The van der Waals surface area contributed by atoms with E-state index in [1.165, 1.54) is 30.5 Å². The molecule has 0 bridgehead atoms. The lowest BCUT2D eigenvalue weighted by molar-refractivity contribution is -0.138. The summed E-state index contributed by atoms with van der Waals surface area (Å²) in [4.78, 5) is 16.0. The van der Waals surface area contributed by atoms with Crippen LogP contribution in [0, 0.1) is 0 Å². The number of benzene rings is 2. The van der Waals surface area contributed by atoms with Crippen LogP contribution in [0.5, 0.6) is 0 Å². The molecule has 156 valence electrons. The summed E-state index contributed by atoms with van der Waals surface area (Å²) < 4.78 is 83.0. The number of nitrogens with zero attached hydrogens (tertiary/aromatic N) is 1.